The van der Waals surface area contributed by atoms with Gasteiger partial charge in [0, 0.05) is 28.4 Å². The second-order valence-corrected chi connectivity index (χ2v) is 13.1. The van der Waals surface area contributed by atoms with Gasteiger partial charge in [0.1, 0.15) is 4.75 Å². The van der Waals surface area contributed by atoms with Crippen LogP contribution >= 0.6 is 22.7 Å². The molecule has 1 saturated heterocycles. The van der Waals surface area contributed by atoms with Gasteiger partial charge < -0.3 is 9.32 Å². The summed E-state index contributed by atoms with van der Waals surface area (Å²) >= 11 is 2.59. The van der Waals surface area contributed by atoms with Crippen LogP contribution in [0.4, 0.5) is 0 Å². The number of benzene rings is 1. The predicted molar refractivity (Wildman–Crippen MR) is 140 cm³/mol. The van der Waals surface area contributed by atoms with E-state index in [1.165, 1.54) is 34.0 Å². The van der Waals surface area contributed by atoms with Gasteiger partial charge in [-0.2, -0.15) is 0 Å². The highest BCUT2D eigenvalue weighted by atomic mass is 32.2. The molecule has 1 aliphatic heterocycles. The van der Waals surface area contributed by atoms with E-state index in [1.807, 2.05) is 30.3 Å². The summed E-state index contributed by atoms with van der Waals surface area (Å²) in [6.07, 6.45) is 2.57. The maximum Gasteiger partial charge on any atom is 0.263 e. The molecule has 0 radical (unpaired) electrons. The molecule has 4 aromatic rings. The average molecular weight is 558 g/mol. The highest BCUT2D eigenvalue weighted by Gasteiger charge is 2.50. The van der Waals surface area contributed by atoms with Crippen LogP contribution in [-0.4, -0.2) is 54.2 Å². The van der Waals surface area contributed by atoms with E-state index in [4.69, 9.17) is 4.42 Å². The van der Waals surface area contributed by atoms with E-state index in [2.05, 4.69) is 4.98 Å². The maximum atomic E-state index is 13.7. The second kappa shape index (κ2) is 10.2. The fourth-order valence-electron chi connectivity index (χ4n) is 4.52. The molecule has 1 aromatic carbocycles. The molecule has 1 atom stereocenters. The van der Waals surface area contributed by atoms with Crippen LogP contribution in [0.1, 0.15) is 27.4 Å². The summed E-state index contributed by atoms with van der Waals surface area (Å²) < 4.78 is 31.2. The van der Waals surface area contributed by atoms with E-state index in [0.29, 0.717) is 15.5 Å². The summed E-state index contributed by atoms with van der Waals surface area (Å²) in [5.41, 5.74) is 3.32. The first kappa shape index (κ1) is 25.3. The molecular formula is C25H23N3O6S3. The number of hydrogen-bond acceptors (Lipinski definition) is 9. The maximum absolute atomic E-state index is 13.7. The van der Waals surface area contributed by atoms with Gasteiger partial charge in [-0.1, -0.05) is 30.3 Å². The van der Waals surface area contributed by atoms with Crippen molar-refractivity contribution in [2.45, 2.75) is 17.6 Å². The molecule has 3 aromatic heterocycles. The molecule has 2 amide bonds. The standard InChI is InChI=1S/C25H23N3O6S3/c29-23(27-31)14-25(9-10-28(11-13-37(25,32)33)24(30)21-2-1-12-35-21)22-8-7-20(36-22)18-5-3-17(4-6-18)19-15-26-16-34-19/h1-8,12,15-16,31H,9-11,13-14H2,(H,27,29)/t25-/m0/s1. The molecular weight excluding hydrogens is 534 g/mol. The third kappa shape index (κ3) is 4.85. The van der Waals surface area contributed by atoms with E-state index in [9.17, 15) is 23.2 Å². The number of aromatic nitrogens is 1. The zero-order valence-corrected chi connectivity index (χ0v) is 21.9. The minimum absolute atomic E-state index is 0.0306. The lowest BCUT2D eigenvalue weighted by molar-refractivity contribution is -0.129. The summed E-state index contributed by atoms with van der Waals surface area (Å²) in [7, 11) is -3.89. The number of rotatable bonds is 6. The molecule has 0 saturated carbocycles. The van der Waals surface area contributed by atoms with Crippen LogP contribution in [0.3, 0.4) is 0 Å². The lowest BCUT2D eigenvalue weighted by Gasteiger charge is -2.30. The number of amides is 2. The van der Waals surface area contributed by atoms with Crippen molar-refractivity contribution in [1.29, 1.82) is 0 Å². The highest BCUT2D eigenvalue weighted by molar-refractivity contribution is 7.92. The summed E-state index contributed by atoms with van der Waals surface area (Å²) in [6.45, 7) is 0.191. The van der Waals surface area contributed by atoms with Gasteiger partial charge in [0.15, 0.2) is 22.0 Å². The van der Waals surface area contributed by atoms with Crippen molar-refractivity contribution >= 4 is 44.3 Å². The van der Waals surface area contributed by atoms with Crippen molar-refractivity contribution in [3.63, 3.8) is 0 Å². The summed E-state index contributed by atoms with van der Waals surface area (Å²) in [6, 6.07) is 14.6. The number of carbonyl (C=O) groups excluding carboxylic acids is 2. The van der Waals surface area contributed by atoms with Gasteiger partial charge in [-0.3, -0.25) is 14.8 Å². The molecule has 12 heteroatoms. The zero-order chi connectivity index (χ0) is 26.0. The Balaban J connectivity index is 1.48. The van der Waals surface area contributed by atoms with Crippen LogP contribution in [0, 0.1) is 0 Å². The molecule has 0 spiro atoms. The average Bonchev–Trinajstić information content (AvgIpc) is 3.69. The van der Waals surface area contributed by atoms with Crippen molar-refractivity contribution in [3.8, 4) is 21.8 Å². The quantitative estimate of drug-likeness (QED) is 0.269. The van der Waals surface area contributed by atoms with Crippen LogP contribution in [0.15, 0.2) is 70.9 Å². The molecule has 5 rings (SSSR count). The van der Waals surface area contributed by atoms with Gasteiger partial charge in [0.2, 0.25) is 5.91 Å². The first-order chi connectivity index (χ1) is 17.8. The SMILES string of the molecule is O=C(C[C@]1(c2ccc(-c3ccc(-c4cnco4)cc3)s2)CCN(C(=O)c2cccs2)CCS1(=O)=O)NO. The highest BCUT2D eigenvalue weighted by Crippen LogP contribution is 2.45. The third-order valence-corrected chi connectivity index (χ3v) is 11.3. The smallest absolute Gasteiger partial charge is 0.263 e. The molecule has 37 heavy (non-hydrogen) atoms. The number of carbonyl (C=O) groups is 2. The van der Waals surface area contributed by atoms with Crippen LogP contribution in [0.5, 0.6) is 0 Å². The second-order valence-electron chi connectivity index (χ2n) is 8.65. The van der Waals surface area contributed by atoms with Gasteiger partial charge in [-0.15, -0.1) is 22.7 Å². The molecule has 4 heterocycles. The van der Waals surface area contributed by atoms with Crippen molar-refractivity contribution in [1.82, 2.24) is 15.4 Å². The van der Waals surface area contributed by atoms with E-state index in [1.54, 1.807) is 35.3 Å². The van der Waals surface area contributed by atoms with E-state index < -0.39 is 26.9 Å². The van der Waals surface area contributed by atoms with E-state index in [0.717, 1.165) is 16.0 Å². The molecule has 9 nitrogen and oxygen atoms in total. The summed E-state index contributed by atoms with van der Waals surface area (Å²) in [4.78, 5) is 32.7. The van der Waals surface area contributed by atoms with Crippen molar-refractivity contribution < 1.29 is 27.6 Å². The Morgan fingerprint density at radius 1 is 1.11 bits per heavy atom. The fraction of sp³-hybridized carbons (Fsp3) is 0.240. The molecule has 0 bridgehead atoms. The molecule has 0 unspecified atom stereocenters. The minimum atomic E-state index is -3.89. The number of thiophene rings is 2. The van der Waals surface area contributed by atoms with Gasteiger partial charge in [0.25, 0.3) is 5.91 Å². The number of sulfone groups is 1. The Hall–Kier alpha value is -3.32. The van der Waals surface area contributed by atoms with Gasteiger partial charge in [-0.25, -0.2) is 18.9 Å². The number of nitrogens with one attached hydrogen (secondary N) is 1. The predicted octanol–water partition coefficient (Wildman–Crippen LogP) is 4.18. The summed E-state index contributed by atoms with van der Waals surface area (Å²) in [5, 5.41) is 11.0. The van der Waals surface area contributed by atoms with Crippen LogP contribution < -0.4 is 5.48 Å². The largest absolute Gasteiger partial charge is 0.444 e. The first-order valence-electron chi connectivity index (χ1n) is 11.4. The van der Waals surface area contributed by atoms with Gasteiger partial charge in [0.05, 0.1) is 23.2 Å². The Morgan fingerprint density at radius 3 is 2.57 bits per heavy atom. The number of nitrogens with zero attached hydrogens (tertiary/aromatic N) is 2. The Kier molecular flexibility index (Phi) is 6.99. The lowest BCUT2D eigenvalue weighted by Crippen LogP contribution is -2.41. The monoisotopic (exact) mass is 557 g/mol. The molecule has 2 N–H and O–H groups in total. The Bertz CT molecular complexity index is 1500. The number of oxazole rings is 1. The molecule has 1 aliphatic rings. The number of hydroxylamine groups is 1. The third-order valence-electron chi connectivity index (χ3n) is 6.54. The zero-order valence-electron chi connectivity index (χ0n) is 19.5. The molecule has 1 fully saturated rings. The van der Waals surface area contributed by atoms with Crippen LogP contribution in [0.2, 0.25) is 0 Å². The van der Waals surface area contributed by atoms with Crippen molar-refractivity contribution in [2.24, 2.45) is 0 Å². The van der Waals surface area contributed by atoms with Crippen molar-refractivity contribution in [3.05, 3.63) is 76.3 Å². The molecule has 0 aliphatic carbocycles. The van der Waals surface area contributed by atoms with Crippen LogP contribution in [0.25, 0.3) is 21.8 Å². The normalized spacial score (nSPS) is 19.3. The fourth-order valence-corrected chi connectivity index (χ4v) is 8.82. The van der Waals surface area contributed by atoms with Gasteiger partial charge >= 0.3 is 0 Å². The van der Waals surface area contributed by atoms with Crippen LogP contribution in [-0.2, 0) is 19.4 Å². The Labute approximate surface area is 221 Å². The topological polar surface area (TPSA) is 130 Å². The number of hydrogen-bond donors (Lipinski definition) is 2. The Morgan fingerprint density at radius 2 is 1.89 bits per heavy atom. The van der Waals surface area contributed by atoms with Crippen molar-refractivity contribution in [2.75, 3.05) is 18.8 Å². The summed E-state index contributed by atoms with van der Waals surface area (Å²) in [5.74, 6) is -0.681. The van der Waals surface area contributed by atoms with Gasteiger partial charge in [-0.05, 0) is 35.6 Å². The minimum Gasteiger partial charge on any atom is -0.444 e. The first-order valence-corrected chi connectivity index (χ1v) is 14.8. The van der Waals surface area contributed by atoms with E-state index in [-0.39, 0.29) is 31.2 Å². The van der Waals surface area contributed by atoms with E-state index >= 15 is 0 Å². The molecule has 192 valence electrons. The lowest BCUT2D eigenvalue weighted by atomic mass is 9.97.